The fourth-order valence-electron chi connectivity index (χ4n) is 3.49. The fraction of sp³-hybridized carbons (Fsp3) is 0.348. The van der Waals surface area contributed by atoms with E-state index in [0.29, 0.717) is 29.9 Å². The Kier molecular flexibility index (Phi) is 6.50. The number of hydrogen-bond donors (Lipinski definition) is 0. The molecule has 0 atom stereocenters. The highest BCUT2D eigenvalue weighted by Gasteiger charge is 2.39. The van der Waals surface area contributed by atoms with E-state index in [4.69, 9.17) is 9.47 Å². The number of esters is 1. The summed E-state index contributed by atoms with van der Waals surface area (Å²) < 4.78 is 10.9. The summed E-state index contributed by atoms with van der Waals surface area (Å²) in [6.45, 7) is -0.388. The molecule has 3 rings (SSSR count). The predicted molar refractivity (Wildman–Crippen MR) is 107 cm³/mol. The third-order valence-corrected chi connectivity index (χ3v) is 5.30. The number of carbonyl (C=O) groups excluding carboxylic acids is 2. The minimum absolute atomic E-state index is 0.327. The molecule has 1 amide bonds. The highest BCUT2D eigenvalue weighted by Crippen LogP contribution is 2.32. The second-order valence-electron chi connectivity index (χ2n) is 7.17. The van der Waals surface area contributed by atoms with Crippen molar-refractivity contribution in [2.24, 2.45) is 0 Å². The molecule has 2 aromatic rings. The van der Waals surface area contributed by atoms with Crippen LogP contribution in [0.1, 0.15) is 42.5 Å². The van der Waals surface area contributed by atoms with E-state index in [2.05, 4.69) is 6.07 Å². The first kappa shape index (κ1) is 20.4. The molecule has 6 heteroatoms. The van der Waals surface area contributed by atoms with Crippen LogP contribution in [0.25, 0.3) is 0 Å². The topological polar surface area (TPSA) is 79.6 Å². The number of likely N-dealkylation sites (N-methyl/N-ethyl adjacent to an activating group) is 1. The molecule has 0 aliphatic heterocycles. The van der Waals surface area contributed by atoms with Crippen LogP contribution in [0.15, 0.2) is 54.6 Å². The molecule has 1 fully saturated rings. The van der Waals surface area contributed by atoms with Crippen molar-refractivity contribution < 1.29 is 19.1 Å². The fourth-order valence-corrected chi connectivity index (χ4v) is 3.49. The number of para-hydroxylation sites is 1. The monoisotopic (exact) mass is 392 g/mol. The van der Waals surface area contributed by atoms with Crippen LogP contribution in [0.3, 0.4) is 0 Å². The van der Waals surface area contributed by atoms with Crippen molar-refractivity contribution in [2.75, 3.05) is 13.7 Å². The second kappa shape index (κ2) is 9.24. The molecule has 6 nitrogen and oxygen atoms in total. The van der Waals surface area contributed by atoms with E-state index in [-0.39, 0.29) is 12.5 Å². The number of nitrogens with zero attached hydrogens (tertiary/aromatic N) is 2. The van der Waals surface area contributed by atoms with E-state index >= 15 is 0 Å². The summed E-state index contributed by atoms with van der Waals surface area (Å²) in [4.78, 5) is 26.2. The van der Waals surface area contributed by atoms with Gasteiger partial charge < -0.3 is 14.4 Å². The third kappa shape index (κ3) is 4.94. The van der Waals surface area contributed by atoms with E-state index in [1.807, 2.05) is 30.3 Å². The zero-order valence-electron chi connectivity index (χ0n) is 16.5. The smallest absolute Gasteiger partial charge is 0.338 e. The maximum atomic E-state index is 12.5. The lowest BCUT2D eigenvalue weighted by Gasteiger charge is -2.38. The van der Waals surface area contributed by atoms with E-state index in [1.54, 1.807) is 31.3 Å². The molecule has 0 spiro atoms. The van der Waals surface area contributed by atoms with Gasteiger partial charge in [-0.05, 0) is 49.2 Å². The van der Waals surface area contributed by atoms with Gasteiger partial charge in [-0.25, -0.2) is 4.79 Å². The zero-order chi connectivity index (χ0) is 20.7. The lowest BCUT2D eigenvalue weighted by atomic mass is 9.81. The molecule has 0 aromatic heterocycles. The summed E-state index contributed by atoms with van der Waals surface area (Å²) in [5.41, 5.74) is -0.466. The minimum Gasteiger partial charge on any atom is -0.457 e. The van der Waals surface area contributed by atoms with Gasteiger partial charge in [0.2, 0.25) is 0 Å². The summed E-state index contributed by atoms with van der Waals surface area (Å²) in [6, 6.07) is 18.1. The van der Waals surface area contributed by atoms with E-state index in [1.165, 1.54) is 4.90 Å². The molecule has 0 bridgehead atoms. The number of amides is 1. The van der Waals surface area contributed by atoms with Crippen molar-refractivity contribution in [3.05, 3.63) is 60.2 Å². The van der Waals surface area contributed by atoms with Gasteiger partial charge in [0.25, 0.3) is 5.91 Å². The maximum absolute atomic E-state index is 12.5. The maximum Gasteiger partial charge on any atom is 0.338 e. The van der Waals surface area contributed by atoms with Crippen molar-refractivity contribution >= 4 is 11.9 Å². The molecular formula is C23H24N2O4. The summed E-state index contributed by atoms with van der Waals surface area (Å²) in [6.07, 6.45) is 4.22. The molecule has 0 heterocycles. The summed E-state index contributed by atoms with van der Waals surface area (Å²) >= 11 is 0. The molecule has 29 heavy (non-hydrogen) atoms. The van der Waals surface area contributed by atoms with Crippen LogP contribution < -0.4 is 4.74 Å². The molecule has 2 aromatic carbocycles. The van der Waals surface area contributed by atoms with Crippen LogP contribution in [0.2, 0.25) is 0 Å². The highest BCUT2D eigenvalue weighted by molar-refractivity contribution is 5.91. The van der Waals surface area contributed by atoms with Crippen LogP contribution in [-0.2, 0) is 9.53 Å². The molecule has 1 saturated carbocycles. The van der Waals surface area contributed by atoms with Crippen molar-refractivity contribution in [3.63, 3.8) is 0 Å². The highest BCUT2D eigenvalue weighted by atomic mass is 16.5. The zero-order valence-corrected chi connectivity index (χ0v) is 16.5. The van der Waals surface area contributed by atoms with E-state index in [9.17, 15) is 14.9 Å². The molecule has 0 saturated heterocycles. The van der Waals surface area contributed by atoms with Gasteiger partial charge in [0, 0.05) is 7.05 Å². The van der Waals surface area contributed by atoms with Crippen LogP contribution in [0, 0.1) is 11.3 Å². The van der Waals surface area contributed by atoms with Gasteiger partial charge in [-0.2, -0.15) is 5.26 Å². The van der Waals surface area contributed by atoms with Crippen molar-refractivity contribution in [2.45, 2.75) is 37.6 Å². The Morgan fingerprint density at radius 2 is 1.62 bits per heavy atom. The van der Waals surface area contributed by atoms with Gasteiger partial charge in [0.15, 0.2) is 6.61 Å². The molecule has 0 unspecified atom stereocenters. The van der Waals surface area contributed by atoms with E-state index < -0.39 is 11.5 Å². The SMILES string of the molecule is CN(C(=O)COC(=O)c1ccc(Oc2ccccc2)cc1)C1(C#N)CCCCC1. The lowest BCUT2D eigenvalue weighted by molar-refractivity contribution is -0.138. The Hall–Kier alpha value is -3.33. The first-order valence-electron chi connectivity index (χ1n) is 9.72. The first-order chi connectivity index (χ1) is 14.0. The summed E-state index contributed by atoms with van der Waals surface area (Å²) in [5, 5.41) is 9.58. The number of benzene rings is 2. The van der Waals surface area contributed by atoms with Crippen LogP contribution in [-0.4, -0.2) is 36.0 Å². The quantitative estimate of drug-likeness (QED) is 0.684. The lowest BCUT2D eigenvalue weighted by Crippen LogP contribution is -2.51. The Labute approximate surface area is 170 Å². The Morgan fingerprint density at radius 1 is 1.00 bits per heavy atom. The van der Waals surface area contributed by atoms with Crippen molar-refractivity contribution in [1.29, 1.82) is 5.26 Å². The normalized spacial score (nSPS) is 15.0. The first-order valence-corrected chi connectivity index (χ1v) is 9.72. The molecule has 1 aliphatic rings. The Balaban J connectivity index is 1.54. The number of ether oxygens (including phenoxy) is 2. The second-order valence-corrected chi connectivity index (χ2v) is 7.17. The van der Waals surface area contributed by atoms with Crippen molar-refractivity contribution in [3.8, 4) is 17.6 Å². The molecule has 1 aliphatic carbocycles. The molecule has 150 valence electrons. The van der Waals surface area contributed by atoms with Gasteiger partial charge in [0.1, 0.15) is 17.0 Å². The van der Waals surface area contributed by atoms with Crippen LogP contribution in [0.5, 0.6) is 11.5 Å². The van der Waals surface area contributed by atoms with Gasteiger partial charge >= 0.3 is 5.97 Å². The largest absolute Gasteiger partial charge is 0.457 e. The molecule has 0 radical (unpaired) electrons. The summed E-state index contributed by atoms with van der Waals surface area (Å²) in [7, 11) is 1.61. The predicted octanol–water partition coefficient (Wildman–Crippen LogP) is 4.32. The Morgan fingerprint density at radius 3 is 2.24 bits per heavy atom. The number of rotatable bonds is 6. The Bertz CT molecular complexity index is 881. The minimum atomic E-state index is -0.793. The summed E-state index contributed by atoms with van der Waals surface area (Å²) in [5.74, 6) is 0.334. The van der Waals surface area contributed by atoms with Crippen molar-refractivity contribution in [1.82, 2.24) is 4.90 Å². The van der Waals surface area contributed by atoms with Crippen LogP contribution >= 0.6 is 0 Å². The average Bonchev–Trinajstić information content (AvgIpc) is 2.78. The average molecular weight is 392 g/mol. The van der Waals surface area contributed by atoms with Gasteiger partial charge in [0.05, 0.1) is 11.6 Å². The van der Waals surface area contributed by atoms with Crippen LogP contribution in [0.4, 0.5) is 0 Å². The standard InChI is InChI=1S/C23H24N2O4/c1-25(23(17-24)14-6-3-7-15-23)21(26)16-28-22(27)18-10-12-20(13-11-18)29-19-8-4-2-5-9-19/h2,4-5,8-13H,3,6-7,14-16H2,1H3. The number of hydrogen-bond acceptors (Lipinski definition) is 5. The number of nitriles is 1. The van der Waals surface area contributed by atoms with E-state index in [0.717, 1.165) is 19.3 Å². The third-order valence-electron chi connectivity index (χ3n) is 5.30. The van der Waals surface area contributed by atoms with Gasteiger partial charge in [-0.1, -0.05) is 37.5 Å². The van der Waals surface area contributed by atoms with Gasteiger partial charge in [-0.15, -0.1) is 0 Å². The number of carbonyl (C=O) groups is 2. The molecular weight excluding hydrogens is 368 g/mol. The molecule has 0 N–H and O–H groups in total. The van der Waals surface area contributed by atoms with Gasteiger partial charge in [-0.3, -0.25) is 4.79 Å².